The van der Waals surface area contributed by atoms with E-state index in [9.17, 15) is 34.6 Å². The molecule has 3 aliphatic rings. The summed E-state index contributed by atoms with van der Waals surface area (Å²) in [5.41, 5.74) is 0.929. The van der Waals surface area contributed by atoms with E-state index < -0.39 is 53.3 Å². The fourth-order valence-corrected chi connectivity index (χ4v) is 5.26. The van der Waals surface area contributed by atoms with Gasteiger partial charge in [-0.1, -0.05) is 20.8 Å². The Bertz CT molecular complexity index is 942. The lowest BCUT2D eigenvalue weighted by molar-refractivity contribution is -0.146. The Hall–Kier alpha value is -3.13. The number of nitrogens with zero attached hydrogens (tertiary/aromatic N) is 5. The zero-order chi connectivity index (χ0) is 27.2. The first-order valence-corrected chi connectivity index (χ1v) is 11.9. The average molecular weight is 513 g/mol. The number of piperidine rings is 1. The molecule has 0 aromatic heterocycles. The van der Waals surface area contributed by atoms with E-state index in [2.05, 4.69) is 10.5 Å². The molecule has 14 nitrogen and oxygen atoms in total. The SMILES string of the molecule is CC(C)(C)C1[C@@H](ONC(=O)[C@@H]2CC[C@@H]3CN2C(=O)N3O)CCN1C(=NC(=O)O)N(C(=O)O)C(C)(C)C. The van der Waals surface area contributed by atoms with E-state index in [4.69, 9.17) is 4.84 Å². The maximum Gasteiger partial charge on any atom is 0.434 e. The molecule has 36 heavy (non-hydrogen) atoms. The van der Waals surface area contributed by atoms with E-state index >= 15 is 0 Å². The van der Waals surface area contributed by atoms with Crippen LogP contribution in [0.15, 0.2) is 4.99 Å². The summed E-state index contributed by atoms with van der Waals surface area (Å²) in [7, 11) is 0. The van der Waals surface area contributed by atoms with Crippen LogP contribution in [0.1, 0.15) is 60.8 Å². The minimum absolute atomic E-state index is 0.233. The van der Waals surface area contributed by atoms with Crippen LogP contribution in [0.5, 0.6) is 0 Å². The van der Waals surface area contributed by atoms with Crippen molar-refractivity contribution in [3.05, 3.63) is 0 Å². The first kappa shape index (κ1) is 27.5. The second kappa shape index (κ2) is 9.73. The summed E-state index contributed by atoms with van der Waals surface area (Å²) in [6, 6.07) is -2.29. The van der Waals surface area contributed by atoms with Gasteiger partial charge in [0, 0.05) is 18.6 Å². The highest BCUT2D eigenvalue weighted by Crippen LogP contribution is 2.36. The van der Waals surface area contributed by atoms with E-state index in [0.717, 1.165) is 4.90 Å². The topological polar surface area (TPSA) is 176 Å². The number of likely N-dealkylation sites (tertiary alicyclic amines) is 1. The van der Waals surface area contributed by atoms with Gasteiger partial charge in [0.1, 0.15) is 12.1 Å². The molecule has 0 radical (unpaired) electrons. The molecule has 3 saturated heterocycles. The summed E-state index contributed by atoms with van der Waals surface area (Å²) in [5, 5.41) is 29.8. The number of rotatable bonds is 3. The van der Waals surface area contributed by atoms with Crippen LogP contribution in [-0.2, 0) is 9.63 Å². The fraction of sp³-hybridized carbons (Fsp3) is 0.773. The summed E-state index contributed by atoms with van der Waals surface area (Å²) in [5.74, 6) is -0.756. The number of hydrogen-bond donors (Lipinski definition) is 4. The standard InChI is InChI=1S/C22H36N6O8/c1-21(2,3)15-14(36-24-16(29)13-8-7-12-11-26(13)19(32)28(12)35)9-10-25(15)17(23-18(30)31)27(20(33)34)22(4,5)6/h12-15,35H,7-11H2,1-6H3,(H,24,29)(H,30,31)(H,33,34)/t12-,13+,14+,15?/m1/s1. The van der Waals surface area contributed by atoms with Crippen molar-refractivity contribution in [1.29, 1.82) is 0 Å². The van der Waals surface area contributed by atoms with Crippen LogP contribution in [0.25, 0.3) is 0 Å². The molecule has 3 fully saturated rings. The van der Waals surface area contributed by atoms with Gasteiger partial charge in [0.25, 0.3) is 5.91 Å². The van der Waals surface area contributed by atoms with E-state index in [-0.39, 0.29) is 25.1 Å². The molecule has 0 spiro atoms. The van der Waals surface area contributed by atoms with Gasteiger partial charge in [0.15, 0.2) is 0 Å². The summed E-state index contributed by atoms with van der Waals surface area (Å²) in [4.78, 5) is 62.1. The summed E-state index contributed by atoms with van der Waals surface area (Å²) >= 11 is 0. The Kier molecular flexibility index (Phi) is 7.42. The molecule has 4 atom stereocenters. The first-order chi connectivity index (χ1) is 16.5. The number of carboxylic acid groups (broad SMARTS) is 2. The summed E-state index contributed by atoms with van der Waals surface area (Å²) in [6.45, 7) is 11.1. The highest BCUT2D eigenvalue weighted by atomic mass is 16.7. The predicted molar refractivity (Wildman–Crippen MR) is 125 cm³/mol. The Morgan fingerprint density at radius 3 is 2.25 bits per heavy atom. The first-order valence-electron chi connectivity index (χ1n) is 11.9. The zero-order valence-corrected chi connectivity index (χ0v) is 21.5. The number of urea groups is 1. The zero-order valence-electron chi connectivity index (χ0n) is 21.5. The number of carbonyl (C=O) groups excluding carboxylic acids is 2. The van der Waals surface area contributed by atoms with Crippen molar-refractivity contribution in [2.75, 3.05) is 13.1 Å². The molecule has 0 aromatic carbocycles. The molecule has 202 valence electrons. The van der Waals surface area contributed by atoms with Gasteiger partial charge in [0.05, 0.1) is 12.1 Å². The largest absolute Gasteiger partial charge is 0.465 e. The Morgan fingerprint density at radius 2 is 1.72 bits per heavy atom. The molecule has 4 N–H and O–H groups in total. The van der Waals surface area contributed by atoms with Gasteiger partial charge in [-0.3, -0.25) is 14.8 Å². The molecule has 3 rings (SSSR count). The van der Waals surface area contributed by atoms with Gasteiger partial charge in [0.2, 0.25) is 5.96 Å². The van der Waals surface area contributed by atoms with Gasteiger partial charge < -0.3 is 20.0 Å². The molecule has 2 bridgehead atoms. The van der Waals surface area contributed by atoms with Crippen LogP contribution in [-0.4, -0.2) is 108 Å². The van der Waals surface area contributed by atoms with Gasteiger partial charge >= 0.3 is 18.2 Å². The monoisotopic (exact) mass is 512 g/mol. The number of hydrogen-bond acceptors (Lipinski definition) is 6. The Morgan fingerprint density at radius 1 is 1.08 bits per heavy atom. The van der Waals surface area contributed by atoms with Crippen molar-refractivity contribution in [3.63, 3.8) is 0 Å². The molecule has 0 saturated carbocycles. The molecule has 0 aromatic rings. The highest BCUT2D eigenvalue weighted by Gasteiger charge is 2.50. The number of carbonyl (C=O) groups is 4. The number of hydroxylamine groups is 3. The maximum absolute atomic E-state index is 12.9. The highest BCUT2D eigenvalue weighted by molar-refractivity contribution is 5.99. The lowest BCUT2D eigenvalue weighted by Gasteiger charge is -2.43. The third-order valence-corrected chi connectivity index (χ3v) is 6.70. The van der Waals surface area contributed by atoms with Gasteiger partial charge in [-0.05, 0) is 45.4 Å². The quantitative estimate of drug-likeness (QED) is 0.191. The lowest BCUT2D eigenvalue weighted by atomic mass is 9.83. The van der Waals surface area contributed by atoms with Crippen LogP contribution in [0.4, 0.5) is 14.4 Å². The summed E-state index contributed by atoms with van der Waals surface area (Å²) in [6.07, 6.45) is -2.30. The van der Waals surface area contributed by atoms with Gasteiger partial charge in [-0.25, -0.2) is 29.8 Å². The van der Waals surface area contributed by atoms with Gasteiger partial charge in [-0.2, -0.15) is 0 Å². The van der Waals surface area contributed by atoms with E-state index in [1.54, 1.807) is 25.7 Å². The van der Waals surface area contributed by atoms with Crippen molar-refractivity contribution < 1.29 is 39.4 Å². The van der Waals surface area contributed by atoms with Crippen molar-refractivity contribution in [3.8, 4) is 0 Å². The minimum atomic E-state index is -1.53. The second-order valence-electron chi connectivity index (χ2n) is 11.4. The number of nitrogens with one attached hydrogen (secondary N) is 1. The number of fused-ring (bicyclic) bond motifs is 2. The normalized spacial score (nSPS) is 26.9. The van der Waals surface area contributed by atoms with Crippen molar-refractivity contribution in [2.45, 2.75) is 90.6 Å². The molecule has 14 heteroatoms. The second-order valence-corrected chi connectivity index (χ2v) is 11.4. The van der Waals surface area contributed by atoms with E-state index in [0.29, 0.717) is 24.3 Å². The van der Waals surface area contributed by atoms with Crippen LogP contribution in [0.2, 0.25) is 0 Å². The van der Waals surface area contributed by atoms with Crippen LogP contribution in [0, 0.1) is 5.41 Å². The molecule has 0 aliphatic carbocycles. The molecule has 3 aliphatic heterocycles. The van der Waals surface area contributed by atoms with Crippen molar-refractivity contribution in [1.82, 2.24) is 25.2 Å². The molecule has 3 heterocycles. The van der Waals surface area contributed by atoms with Crippen LogP contribution < -0.4 is 5.48 Å². The third-order valence-electron chi connectivity index (χ3n) is 6.70. The predicted octanol–water partition coefficient (Wildman–Crippen LogP) is 1.99. The fourth-order valence-electron chi connectivity index (χ4n) is 5.26. The smallest absolute Gasteiger partial charge is 0.434 e. The van der Waals surface area contributed by atoms with Crippen LogP contribution in [0.3, 0.4) is 0 Å². The number of amides is 5. The van der Waals surface area contributed by atoms with Gasteiger partial charge in [-0.15, -0.1) is 4.99 Å². The Labute approximate surface area is 209 Å². The van der Waals surface area contributed by atoms with Crippen molar-refractivity contribution in [2.24, 2.45) is 10.4 Å². The van der Waals surface area contributed by atoms with E-state index in [1.807, 2.05) is 20.8 Å². The number of aliphatic imine (C=N–C) groups is 1. The van der Waals surface area contributed by atoms with Crippen LogP contribution >= 0.6 is 0 Å². The molecule has 1 unspecified atom stereocenters. The van der Waals surface area contributed by atoms with E-state index in [1.165, 1.54) is 4.90 Å². The molecular weight excluding hydrogens is 476 g/mol. The lowest BCUT2D eigenvalue weighted by Crippen LogP contribution is -2.59. The average Bonchev–Trinajstić information content (AvgIpc) is 3.26. The van der Waals surface area contributed by atoms with Crippen molar-refractivity contribution >= 4 is 30.1 Å². The maximum atomic E-state index is 12.9. The summed E-state index contributed by atoms with van der Waals surface area (Å²) < 4.78 is 0. The Balaban J connectivity index is 1.81. The molecular formula is C22H36N6O8. The minimum Gasteiger partial charge on any atom is -0.465 e. The molecule has 5 amide bonds. The third kappa shape index (κ3) is 5.33. The number of guanidine groups is 1.